The third-order valence-electron chi connectivity index (χ3n) is 5.59. The molecule has 1 amide bonds. The fourth-order valence-corrected chi connectivity index (χ4v) is 4.05. The molecule has 1 unspecified atom stereocenters. The summed E-state index contributed by atoms with van der Waals surface area (Å²) in [5, 5.41) is 0. The normalized spacial score (nSPS) is 16.6. The van der Waals surface area contributed by atoms with Crippen LogP contribution >= 0.6 is 0 Å². The van der Waals surface area contributed by atoms with Gasteiger partial charge in [0.15, 0.2) is 0 Å². The summed E-state index contributed by atoms with van der Waals surface area (Å²) in [5.74, 6) is 0.523. The van der Waals surface area contributed by atoms with Gasteiger partial charge in [0.2, 0.25) is 0 Å². The van der Waals surface area contributed by atoms with Crippen molar-refractivity contribution in [2.45, 2.75) is 38.1 Å². The van der Waals surface area contributed by atoms with Crippen LogP contribution in [0.2, 0.25) is 0 Å². The molecule has 0 radical (unpaired) electrons. The van der Waals surface area contributed by atoms with Gasteiger partial charge in [-0.25, -0.2) is 9.97 Å². The Morgan fingerprint density at radius 2 is 1.90 bits per heavy atom. The van der Waals surface area contributed by atoms with Crippen LogP contribution in [0.25, 0.3) is 11.3 Å². The molecule has 3 aromatic rings. The number of amides is 1. The first-order valence-electron chi connectivity index (χ1n) is 10.2. The molecule has 29 heavy (non-hydrogen) atoms. The zero-order valence-electron chi connectivity index (χ0n) is 16.5. The van der Waals surface area contributed by atoms with Crippen molar-refractivity contribution in [2.75, 3.05) is 12.3 Å². The molecular weight excluding hydrogens is 360 g/mol. The highest BCUT2D eigenvalue weighted by Gasteiger charge is 2.27. The zero-order chi connectivity index (χ0) is 20.1. The van der Waals surface area contributed by atoms with Crippen molar-refractivity contribution in [1.82, 2.24) is 14.9 Å². The fraction of sp³-hybridized carbons (Fsp3) is 0.292. The second kappa shape index (κ2) is 8.86. The number of nitrogen functional groups attached to an aromatic ring is 1. The fourth-order valence-electron chi connectivity index (χ4n) is 4.05. The third-order valence-corrected chi connectivity index (χ3v) is 5.59. The van der Waals surface area contributed by atoms with Gasteiger partial charge >= 0.3 is 0 Å². The number of carbonyl (C=O) groups excluding carboxylic acids is 1. The average molecular weight is 386 g/mol. The van der Waals surface area contributed by atoms with Crippen molar-refractivity contribution in [3.63, 3.8) is 0 Å². The highest BCUT2D eigenvalue weighted by molar-refractivity contribution is 5.95. The third kappa shape index (κ3) is 4.62. The van der Waals surface area contributed by atoms with Gasteiger partial charge in [-0.2, -0.15) is 0 Å². The van der Waals surface area contributed by atoms with E-state index in [0.29, 0.717) is 11.4 Å². The number of nitrogens with zero attached hydrogens (tertiary/aromatic N) is 3. The molecule has 5 heteroatoms. The molecule has 2 heterocycles. The number of aromatic nitrogens is 2. The zero-order valence-corrected chi connectivity index (χ0v) is 16.5. The van der Waals surface area contributed by atoms with E-state index in [1.54, 1.807) is 6.07 Å². The molecule has 2 aromatic carbocycles. The van der Waals surface area contributed by atoms with Crippen LogP contribution in [0.3, 0.4) is 0 Å². The molecule has 148 valence electrons. The topological polar surface area (TPSA) is 72.1 Å². The van der Waals surface area contributed by atoms with E-state index in [0.717, 1.165) is 43.5 Å². The molecule has 4 rings (SSSR count). The number of aryl methyl sites for hydroxylation is 1. The number of piperidine rings is 1. The van der Waals surface area contributed by atoms with Crippen LogP contribution in [0, 0.1) is 0 Å². The van der Waals surface area contributed by atoms with Crippen molar-refractivity contribution in [3.8, 4) is 11.3 Å². The summed E-state index contributed by atoms with van der Waals surface area (Å²) in [6.45, 7) is 0.822. The number of nitrogens with two attached hydrogens (primary N) is 1. The van der Waals surface area contributed by atoms with Gasteiger partial charge < -0.3 is 10.6 Å². The van der Waals surface area contributed by atoms with E-state index >= 15 is 0 Å². The molecule has 0 spiro atoms. The molecule has 0 bridgehead atoms. The van der Waals surface area contributed by atoms with Crippen LogP contribution in [0.1, 0.15) is 41.6 Å². The summed E-state index contributed by atoms with van der Waals surface area (Å²) < 4.78 is 0. The standard InChI is InChI=1S/C24H26N4O/c25-23-16-22(26-17-27-23)19-9-6-10-20(15-19)24(29)28-14-5-4-11-21(28)13-12-18-7-2-1-3-8-18/h1-3,6-10,15-17,21H,4-5,11-14H2,(H2,25,26,27). The second-order valence-electron chi connectivity index (χ2n) is 7.58. The van der Waals surface area contributed by atoms with E-state index in [4.69, 9.17) is 5.73 Å². The summed E-state index contributed by atoms with van der Waals surface area (Å²) in [4.78, 5) is 23.6. The van der Waals surface area contributed by atoms with Crippen LogP contribution in [0.5, 0.6) is 0 Å². The van der Waals surface area contributed by atoms with Crippen LogP contribution < -0.4 is 5.73 Å². The van der Waals surface area contributed by atoms with E-state index in [2.05, 4.69) is 39.1 Å². The first-order valence-corrected chi connectivity index (χ1v) is 10.2. The molecule has 0 aliphatic carbocycles. The Hall–Kier alpha value is -3.21. The monoisotopic (exact) mass is 386 g/mol. The Morgan fingerprint density at radius 3 is 2.72 bits per heavy atom. The number of hydrogen-bond donors (Lipinski definition) is 1. The van der Waals surface area contributed by atoms with Crippen molar-refractivity contribution in [2.24, 2.45) is 0 Å². The number of carbonyl (C=O) groups is 1. The maximum Gasteiger partial charge on any atom is 0.254 e. The van der Waals surface area contributed by atoms with Crippen molar-refractivity contribution in [1.29, 1.82) is 0 Å². The lowest BCUT2D eigenvalue weighted by Crippen LogP contribution is -2.44. The van der Waals surface area contributed by atoms with Crippen molar-refractivity contribution < 1.29 is 4.79 Å². The van der Waals surface area contributed by atoms with Crippen molar-refractivity contribution in [3.05, 3.63) is 78.1 Å². The average Bonchev–Trinajstić information content (AvgIpc) is 2.78. The second-order valence-corrected chi connectivity index (χ2v) is 7.58. The summed E-state index contributed by atoms with van der Waals surface area (Å²) in [7, 11) is 0. The molecule has 1 aromatic heterocycles. The number of benzene rings is 2. The summed E-state index contributed by atoms with van der Waals surface area (Å²) in [6.07, 6.45) is 6.76. The van der Waals surface area contributed by atoms with E-state index < -0.39 is 0 Å². The SMILES string of the molecule is Nc1cc(-c2cccc(C(=O)N3CCCCC3CCc3ccccc3)c2)ncn1. The van der Waals surface area contributed by atoms with Gasteiger partial charge in [-0.1, -0.05) is 42.5 Å². The van der Waals surface area contributed by atoms with Crippen LogP contribution in [-0.2, 0) is 6.42 Å². The first kappa shape index (κ1) is 19.1. The number of anilines is 1. The molecule has 1 fully saturated rings. The number of hydrogen-bond acceptors (Lipinski definition) is 4. The quantitative estimate of drug-likeness (QED) is 0.707. The molecule has 1 atom stereocenters. The Labute approximate surface area is 171 Å². The van der Waals surface area contributed by atoms with Gasteiger partial charge in [0, 0.05) is 29.8 Å². The van der Waals surface area contributed by atoms with Crippen LogP contribution in [0.15, 0.2) is 67.0 Å². The lowest BCUT2D eigenvalue weighted by atomic mass is 9.94. The van der Waals surface area contributed by atoms with E-state index in [9.17, 15) is 4.79 Å². The van der Waals surface area contributed by atoms with Gasteiger partial charge in [-0.15, -0.1) is 0 Å². The summed E-state index contributed by atoms with van der Waals surface area (Å²) in [6, 6.07) is 20.2. The van der Waals surface area contributed by atoms with Crippen LogP contribution in [0.4, 0.5) is 5.82 Å². The van der Waals surface area contributed by atoms with Crippen LogP contribution in [-0.4, -0.2) is 33.4 Å². The molecule has 1 aliphatic heterocycles. The predicted molar refractivity (Wildman–Crippen MR) is 115 cm³/mol. The Kier molecular flexibility index (Phi) is 5.84. The van der Waals surface area contributed by atoms with E-state index in [1.165, 1.54) is 18.3 Å². The smallest absolute Gasteiger partial charge is 0.254 e. The summed E-state index contributed by atoms with van der Waals surface area (Å²) >= 11 is 0. The Bertz CT molecular complexity index is 973. The molecular formula is C24H26N4O. The first-order chi connectivity index (χ1) is 14.2. The van der Waals surface area contributed by atoms with E-state index in [1.807, 2.05) is 30.3 Å². The minimum absolute atomic E-state index is 0.103. The van der Waals surface area contributed by atoms with Gasteiger partial charge in [0.05, 0.1) is 5.69 Å². The molecule has 0 saturated carbocycles. The minimum Gasteiger partial charge on any atom is -0.384 e. The minimum atomic E-state index is 0.103. The van der Waals surface area contributed by atoms with E-state index in [-0.39, 0.29) is 11.9 Å². The Morgan fingerprint density at radius 1 is 1.03 bits per heavy atom. The predicted octanol–water partition coefficient (Wildman–Crippen LogP) is 4.35. The maximum atomic E-state index is 13.3. The number of rotatable bonds is 5. The molecule has 1 aliphatic rings. The summed E-state index contributed by atoms with van der Waals surface area (Å²) in [5.41, 5.74) is 9.42. The highest BCUT2D eigenvalue weighted by atomic mass is 16.2. The lowest BCUT2D eigenvalue weighted by Gasteiger charge is -2.36. The lowest BCUT2D eigenvalue weighted by molar-refractivity contribution is 0.0602. The highest BCUT2D eigenvalue weighted by Crippen LogP contribution is 2.25. The number of likely N-dealkylation sites (tertiary alicyclic amines) is 1. The van der Waals surface area contributed by atoms with Gasteiger partial charge in [-0.3, -0.25) is 4.79 Å². The maximum absolute atomic E-state index is 13.3. The molecule has 5 nitrogen and oxygen atoms in total. The largest absolute Gasteiger partial charge is 0.384 e. The van der Waals surface area contributed by atoms with Gasteiger partial charge in [0.25, 0.3) is 5.91 Å². The Balaban J connectivity index is 1.51. The van der Waals surface area contributed by atoms with Gasteiger partial charge in [-0.05, 0) is 49.8 Å². The molecule has 1 saturated heterocycles. The molecule has 2 N–H and O–H groups in total. The van der Waals surface area contributed by atoms with Crippen molar-refractivity contribution >= 4 is 11.7 Å². The van der Waals surface area contributed by atoms with Gasteiger partial charge in [0.1, 0.15) is 12.1 Å².